The van der Waals surface area contributed by atoms with Gasteiger partial charge in [0.15, 0.2) is 0 Å². The quantitative estimate of drug-likeness (QED) is 0.525. The maximum Gasteiger partial charge on any atom is 0.113 e. The zero-order valence-electron chi connectivity index (χ0n) is 8.54. The Kier molecular flexibility index (Phi) is 1.66. The lowest BCUT2D eigenvalue weighted by Crippen LogP contribution is -1.98. The van der Waals surface area contributed by atoms with Crippen LogP contribution < -0.4 is 5.46 Å². The highest BCUT2D eigenvalue weighted by atomic mass is 14.7. The number of fused-ring (bicyclic) bond motifs is 3. The molecule has 2 radical (unpaired) electrons. The number of H-pyrrole nitrogens is 1. The molecule has 0 amide bonds. The summed E-state index contributed by atoms with van der Waals surface area (Å²) in [4.78, 5) is 3.38. The first-order valence-electron chi connectivity index (χ1n) is 5.01. The van der Waals surface area contributed by atoms with Crippen LogP contribution in [0.2, 0.25) is 0 Å². The molecule has 70 valence electrons. The van der Waals surface area contributed by atoms with Gasteiger partial charge in [0.2, 0.25) is 0 Å². The van der Waals surface area contributed by atoms with Gasteiger partial charge in [0, 0.05) is 21.8 Å². The van der Waals surface area contributed by atoms with Crippen molar-refractivity contribution >= 4 is 35.1 Å². The molecule has 0 aliphatic rings. The molecule has 0 atom stereocenters. The summed E-state index contributed by atoms with van der Waals surface area (Å²) in [6.45, 7) is 2.10. The van der Waals surface area contributed by atoms with E-state index >= 15 is 0 Å². The van der Waals surface area contributed by atoms with Gasteiger partial charge in [0.05, 0.1) is 0 Å². The summed E-state index contributed by atoms with van der Waals surface area (Å²) in [5, 5.41) is 2.45. The Balaban J connectivity index is 2.55. The molecule has 0 aliphatic heterocycles. The van der Waals surface area contributed by atoms with Crippen molar-refractivity contribution in [1.82, 2.24) is 4.98 Å². The highest BCUT2D eigenvalue weighted by Crippen LogP contribution is 2.24. The number of nitrogens with one attached hydrogen (secondary N) is 1. The van der Waals surface area contributed by atoms with Gasteiger partial charge in [0.1, 0.15) is 7.85 Å². The number of rotatable bonds is 0. The van der Waals surface area contributed by atoms with Gasteiger partial charge in [-0.3, -0.25) is 0 Å². The number of aromatic amines is 1. The van der Waals surface area contributed by atoms with Crippen molar-refractivity contribution in [2.45, 2.75) is 6.92 Å². The zero-order valence-corrected chi connectivity index (χ0v) is 8.54. The Hall–Kier alpha value is -1.70. The first-order valence-corrected chi connectivity index (χ1v) is 5.01. The average molecular weight is 191 g/mol. The third-order valence-electron chi connectivity index (χ3n) is 2.78. The molecule has 1 heterocycles. The number of aryl methyl sites for hydroxylation is 1. The normalized spacial score (nSPS) is 11.3. The summed E-state index contributed by atoms with van der Waals surface area (Å²) in [6.07, 6.45) is 0. The minimum atomic E-state index is 0.810. The Morgan fingerprint density at radius 3 is 2.40 bits per heavy atom. The van der Waals surface area contributed by atoms with Crippen LogP contribution >= 0.6 is 0 Å². The zero-order chi connectivity index (χ0) is 10.4. The van der Waals surface area contributed by atoms with E-state index in [4.69, 9.17) is 7.85 Å². The first-order chi connectivity index (χ1) is 7.24. The number of benzene rings is 2. The fourth-order valence-electron chi connectivity index (χ4n) is 2.03. The van der Waals surface area contributed by atoms with Crippen LogP contribution in [0.1, 0.15) is 5.56 Å². The van der Waals surface area contributed by atoms with Gasteiger partial charge in [0.25, 0.3) is 0 Å². The van der Waals surface area contributed by atoms with Crippen molar-refractivity contribution in [2.75, 3.05) is 0 Å². The molecular formula is C13H10BN. The lowest BCUT2D eigenvalue weighted by molar-refractivity contribution is 1.49. The molecule has 0 saturated carbocycles. The summed E-state index contributed by atoms with van der Waals surface area (Å²) in [5.74, 6) is 0. The van der Waals surface area contributed by atoms with Crippen LogP contribution in [-0.2, 0) is 0 Å². The lowest BCUT2D eigenvalue weighted by atomic mass is 9.94. The molecule has 2 aromatic carbocycles. The van der Waals surface area contributed by atoms with E-state index in [-0.39, 0.29) is 0 Å². The van der Waals surface area contributed by atoms with Crippen molar-refractivity contribution in [3.63, 3.8) is 0 Å². The van der Waals surface area contributed by atoms with E-state index in [1.165, 1.54) is 21.9 Å². The summed E-state index contributed by atoms with van der Waals surface area (Å²) in [5.41, 5.74) is 4.39. The monoisotopic (exact) mass is 191 g/mol. The Labute approximate surface area is 89.5 Å². The van der Waals surface area contributed by atoms with Gasteiger partial charge in [-0.15, -0.1) is 0 Å². The van der Waals surface area contributed by atoms with Crippen molar-refractivity contribution in [3.05, 3.63) is 42.0 Å². The second-order valence-corrected chi connectivity index (χ2v) is 3.98. The maximum atomic E-state index is 5.80. The first kappa shape index (κ1) is 8.60. The molecule has 1 aromatic heterocycles. The summed E-state index contributed by atoms with van der Waals surface area (Å²) in [7, 11) is 5.80. The van der Waals surface area contributed by atoms with Crippen LogP contribution in [0.25, 0.3) is 21.8 Å². The largest absolute Gasteiger partial charge is 0.355 e. The van der Waals surface area contributed by atoms with E-state index in [1.54, 1.807) is 0 Å². The Bertz CT molecular complexity index is 596. The molecule has 0 spiro atoms. The molecule has 15 heavy (non-hydrogen) atoms. The molecule has 0 aliphatic carbocycles. The van der Waals surface area contributed by atoms with Gasteiger partial charge in [-0.2, -0.15) is 0 Å². The summed E-state index contributed by atoms with van der Waals surface area (Å²) in [6, 6.07) is 12.4. The smallest absolute Gasteiger partial charge is 0.113 e. The minimum Gasteiger partial charge on any atom is -0.355 e. The fraction of sp³-hybridized carbons (Fsp3) is 0.0769. The van der Waals surface area contributed by atoms with Crippen LogP contribution in [0.3, 0.4) is 0 Å². The molecule has 0 unspecified atom stereocenters. The van der Waals surface area contributed by atoms with Gasteiger partial charge >= 0.3 is 0 Å². The fourth-order valence-corrected chi connectivity index (χ4v) is 2.03. The van der Waals surface area contributed by atoms with E-state index in [0.29, 0.717) is 0 Å². The highest BCUT2D eigenvalue weighted by Gasteiger charge is 2.03. The van der Waals surface area contributed by atoms with E-state index in [1.807, 2.05) is 18.2 Å². The topological polar surface area (TPSA) is 15.8 Å². The third-order valence-corrected chi connectivity index (χ3v) is 2.78. The Morgan fingerprint density at radius 2 is 1.60 bits per heavy atom. The summed E-state index contributed by atoms with van der Waals surface area (Å²) < 4.78 is 0. The van der Waals surface area contributed by atoms with Gasteiger partial charge in [-0.1, -0.05) is 29.2 Å². The molecular weight excluding hydrogens is 181 g/mol. The summed E-state index contributed by atoms with van der Waals surface area (Å²) >= 11 is 0. The van der Waals surface area contributed by atoms with E-state index in [2.05, 4.69) is 30.1 Å². The second kappa shape index (κ2) is 2.90. The molecule has 3 rings (SSSR count). The van der Waals surface area contributed by atoms with Crippen molar-refractivity contribution in [3.8, 4) is 0 Å². The van der Waals surface area contributed by atoms with Crippen molar-refractivity contribution in [2.24, 2.45) is 0 Å². The average Bonchev–Trinajstić information content (AvgIpc) is 2.56. The van der Waals surface area contributed by atoms with Crippen LogP contribution in [0.4, 0.5) is 0 Å². The van der Waals surface area contributed by atoms with E-state index < -0.39 is 0 Å². The molecule has 3 aromatic rings. The van der Waals surface area contributed by atoms with E-state index in [9.17, 15) is 0 Å². The molecule has 2 heteroatoms. The number of hydrogen-bond acceptors (Lipinski definition) is 0. The lowest BCUT2D eigenvalue weighted by Gasteiger charge is -1.95. The predicted molar refractivity (Wildman–Crippen MR) is 65.9 cm³/mol. The van der Waals surface area contributed by atoms with Crippen LogP contribution in [0.5, 0.6) is 0 Å². The van der Waals surface area contributed by atoms with Crippen LogP contribution in [0, 0.1) is 6.92 Å². The van der Waals surface area contributed by atoms with Crippen LogP contribution in [0.15, 0.2) is 36.4 Å². The van der Waals surface area contributed by atoms with Gasteiger partial charge in [-0.05, 0) is 25.1 Å². The predicted octanol–water partition coefficient (Wildman–Crippen LogP) is 2.42. The molecule has 0 saturated heterocycles. The van der Waals surface area contributed by atoms with E-state index in [0.717, 1.165) is 11.0 Å². The Morgan fingerprint density at radius 1 is 0.933 bits per heavy atom. The number of hydrogen-bond donors (Lipinski definition) is 1. The SMILES string of the molecule is [B]c1ccc2[nH]c3ccc(C)cc3c2c1. The molecule has 1 nitrogen and oxygen atoms in total. The number of aromatic nitrogens is 1. The molecule has 0 bridgehead atoms. The molecule has 0 fully saturated rings. The standard InChI is InChI=1S/C13H10BN/c1-8-2-4-12-10(6-8)11-7-9(14)3-5-13(11)15-12/h2-7,15H,1H3. The van der Waals surface area contributed by atoms with Crippen molar-refractivity contribution < 1.29 is 0 Å². The third kappa shape index (κ3) is 1.25. The van der Waals surface area contributed by atoms with Crippen LogP contribution in [-0.4, -0.2) is 12.8 Å². The van der Waals surface area contributed by atoms with Crippen molar-refractivity contribution in [1.29, 1.82) is 0 Å². The maximum absolute atomic E-state index is 5.80. The highest BCUT2D eigenvalue weighted by molar-refractivity contribution is 6.33. The second-order valence-electron chi connectivity index (χ2n) is 3.98. The molecule has 1 N–H and O–H groups in total. The minimum absolute atomic E-state index is 0.810. The van der Waals surface area contributed by atoms with Gasteiger partial charge in [-0.25, -0.2) is 0 Å². The van der Waals surface area contributed by atoms with Gasteiger partial charge < -0.3 is 4.98 Å².